The standard InChI is InChI=1S/C22H27N3O5/c1-4-25(14-20(26)23-16-10-12-17(29-3)13-11-16)15-21(27)24-19-9-7-6-8-18(19)22(28)30-5-2/h6-13H,4-5,14-15H2,1-3H3,(H,23,26)(H,24,27)/p+1. The maximum atomic E-state index is 12.5. The molecule has 8 heteroatoms. The summed E-state index contributed by atoms with van der Waals surface area (Å²) in [6, 6.07) is 13.7. The van der Waals surface area contributed by atoms with Crippen molar-refractivity contribution in [1.82, 2.24) is 0 Å². The van der Waals surface area contributed by atoms with Gasteiger partial charge < -0.3 is 25.0 Å². The molecule has 0 aliphatic heterocycles. The van der Waals surface area contributed by atoms with E-state index in [-0.39, 0.29) is 31.5 Å². The second-order valence-electron chi connectivity index (χ2n) is 6.55. The number of esters is 1. The average Bonchev–Trinajstić information content (AvgIpc) is 2.74. The summed E-state index contributed by atoms with van der Waals surface area (Å²) in [7, 11) is 1.58. The fraction of sp³-hybridized carbons (Fsp3) is 0.318. The molecule has 0 saturated carbocycles. The van der Waals surface area contributed by atoms with Crippen LogP contribution in [0.1, 0.15) is 24.2 Å². The molecule has 0 aliphatic carbocycles. The monoisotopic (exact) mass is 414 g/mol. The number of likely N-dealkylation sites (N-methyl/N-ethyl adjacent to an activating group) is 1. The number of nitrogens with one attached hydrogen (secondary N) is 3. The van der Waals surface area contributed by atoms with Crippen molar-refractivity contribution in [1.29, 1.82) is 0 Å². The van der Waals surface area contributed by atoms with Gasteiger partial charge in [0.15, 0.2) is 13.1 Å². The number of rotatable bonds is 10. The Labute approximate surface area is 176 Å². The predicted molar refractivity (Wildman–Crippen MR) is 114 cm³/mol. The number of hydrogen-bond acceptors (Lipinski definition) is 5. The summed E-state index contributed by atoms with van der Waals surface area (Å²) in [6.45, 7) is 4.68. The van der Waals surface area contributed by atoms with Crippen LogP contribution < -0.4 is 20.3 Å². The first-order valence-electron chi connectivity index (χ1n) is 9.80. The first kappa shape index (κ1) is 22.9. The number of para-hydroxylation sites is 1. The first-order valence-corrected chi connectivity index (χ1v) is 9.80. The van der Waals surface area contributed by atoms with Crippen LogP contribution in [-0.4, -0.2) is 51.1 Å². The van der Waals surface area contributed by atoms with Crippen LogP contribution >= 0.6 is 0 Å². The summed E-state index contributed by atoms with van der Waals surface area (Å²) in [5, 5.41) is 5.55. The molecule has 2 aromatic rings. The number of benzene rings is 2. The van der Waals surface area contributed by atoms with Crippen molar-refractivity contribution in [3.8, 4) is 5.75 Å². The van der Waals surface area contributed by atoms with Gasteiger partial charge in [-0.25, -0.2) is 4.79 Å². The molecule has 1 atom stereocenters. The van der Waals surface area contributed by atoms with E-state index in [1.54, 1.807) is 62.6 Å². The molecule has 0 fully saturated rings. The summed E-state index contributed by atoms with van der Waals surface area (Å²) in [5.74, 6) is -0.280. The van der Waals surface area contributed by atoms with E-state index in [4.69, 9.17) is 9.47 Å². The summed E-state index contributed by atoms with van der Waals surface area (Å²) in [4.78, 5) is 37.7. The Hall–Kier alpha value is -3.39. The van der Waals surface area contributed by atoms with Crippen molar-refractivity contribution < 1.29 is 28.8 Å². The van der Waals surface area contributed by atoms with Crippen LogP contribution in [0.15, 0.2) is 48.5 Å². The number of hydrogen-bond donors (Lipinski definition) is 3. The average molecular weight is 414 g/mol. The summed E-state index contributed by atoms with van der Waals surface area (Å²) >= 11 is 0. The van der Waals surface area contributed by atoms with E-state index in [1.807, 2.05) is 6.92 Å². The molecular formula is C22H28N3O5+. The van der Waals surface area contributed by atoms with Crippen molar-refractivity contribution in [2.24, 2.45) is 0 Å². The largest absolute Gasteiger partial charge is 0.497 e. The molecule has 0 saturated heterocycles. The number of carbonyl (C=O) groups excluding carboxylic acids is 3. The van der Waals surface area contributed by atoms with E-state index in [1.165, 1.54) is 0 Å². The van der Waals surface area contributed by atoms with Crippen molar-refractivity contribution >= 4 is 29.2 Å². The summed E-state index contributed by atoms with van der Waals surface area (Å²) < 4.78 is 10.1. The SMILES string of the molecule is CCOC(=O)c1ccccc1NC(=O)C[NH+](CC)CC(=O)Nc1ccc(OC)cc1. The summed E-state index contributed by atoms with van der Waals surface area (Å²) in [5.41, 5.74) is 1.34. The molecule has 3 N–H and O–H groups in total. The van der Waals surface area contributed by atoms with Gasteiger partial charge in [0.1, 0.15) is 5.75 Å². The fourth-order valence-corrected chi connectivity index (χ4v) is 2.82. The molecule has 0 radical (unpaired) electrons. The highest BCUT2D eigenvalue weighted by Gasteiger charge is 2.19. The minimum absolute atomic E-state index is 0.0870. The minimum atomic E-state index is -0.494. The van der Waals surface area contributed by atoms with Crippen LogP contribution in [0.25, 0.3) is 0 Å². The third-order valence-corrected chi connectivity index (χ3v) is 4.39. The zero-order chi connectivity index (χ0) is 21.9. The van der Waals surface area contributed by atoms with Crippen LogP contribution in [0.4, 0.5) is 11.4 Å². The van der Waals surface area contributed by atoms with Crippen molar-refractivity contribution in [2.75, 3.05) is 44.0 Å². The van der Waals surface area contributed by atoms with Crippen molar-refractivity contribution in [3.63, 3.8) is 0 Å². The zero-order valence-electron chi connectivity index (χ0n) is 17.5. The molecule has 8 nitrogen and oxygen atoms in total. The molecule has 1 unspecified atom stereocenters. The van der Waals surface area contributed by atoms with E-state index < -0.39 is 5.97 Å². The maximum absolute atomic E-state index is 12.5. The molecule has 2 aromatic carbocycles. The third-order valence-electron chi connectivity index (χ3n) is 4.39. The first-order chi connectivity index (χ1) is 14.5. The number of anilines is 2. The molecule has 0 heterocycles. The normalized spacial score (nSPS) is 11.3. The van der Waals surface area contributed by atoms with E-state index in [0.29, 0.717) is 29.2 Å². The lowest BCUT2D eigenvalue weighted by Gasteiger charge is -2.17. The number of quaternary nitrogens is 1. The Bertz CT molecular complexity index is 867. The highest BCUT2D eigenvalue weighted by Crippen LogP contribution is 2.16. The van der Waals surface area contributed by atoms with Crippen molar-refractivity contribution in [3.05, 3.63) is 54.1 Å². The molecule has 0 aliphatic rings. The smallest absolute Gasteiger partial charge is 0.340 e. The Morgan fingerprint density at radius 3 is 2.13 bits per heavy atom. The second-order valence-corrected chi connectivity index (χ2v) is 6.55. The number of methoxy groups -OCH3 is 1. The molecule has 160 valence electrons. The van der Waals surface area contributed by atoms with Crippen LogP contribution in [-0.2, 0) is 14.3 Å². The van der Waals surface area contributed by atoms with Gasteiger partial charge >= 0.3 is 5.97 Å². The van der Waals surface area contributed by atoms with Gasteiger partial charge in [0.2, 0.25) is 0 Å². The molecular weight excluding hydrogens is 386 g/mol. The lowest BCUT2D eigenvalue weighted by Crippen LogP contribution is -3.13. The molecule has 2 amide bonds. The quantitative estimate of drug-likeness (QED) is 0.510. The topological polar surface area (TPSA) is 98.2 Å². The minimum Gasteiger partial charge on any atom is -0.497 e. The van der Waals surface area contributed by atoms with Crippen LogP contribution in [0.2, 0.25) is 0 Å². The number of carbonyl (C=O) groups is 3. The van der Waals surface area contributed by atoms with Gasteiger partial charge in [-0.2, -0.15) is 0 Å². The summed E-state index contributed by atoms with van der Waals surface area (Å²) in [6.07, 6.45) is 0. The number of ether oxygens (including phenoxy) is 2. The fourth-order valence-electron chi connectivity index (χ4n) is 2.82. The Balaban J connectivity index is 1.93. The molecule has 0 spiro atoms. The van der Waals surface area contributed by atoms with Gasteiger partial charge in [-0.1, -0.05) is 12.1 Å². The lowest BCUT2D eigenvalue weighted by atomic mass is 10.2. The zero-order valence-corrected chi connectivity index (χ0v) is 17.5. The Morgan fingerprint density at radius 2 is 1.53 bits per heavy atom. The number of amides is 2. The van der Waals surface area contributed by atoms with Crippen LogP contribution in [0.3, 0.4) is 0 Å². The maximum Gasteiger partial charge on any atom is 0.340 e. The Kier molecular flexibility index (Phi) is 8.83. The Morgan fingerprint density at radius 1 is 0.900 bits per heavy atom. The van der Waals surface area contributed by atoms with Gasteiger partial charge in [-0.3, -0.25) is 9.59 Å². The predicted octanol–water partition coefficient (Wildman–Crippen LogP) is 1.35. The molecule has 30 heavy (non-hydrogen) atoms. The van der Waals surface area contributed by atoms with Gasteiger partial charge in [0, 0.05) is 5.69 Å². The van der Waals surface area contributed by atoms with E-state index in [2.05, 4.69) is 10.6 Å². The highest BCUT2D eigenvalue weighted by molar-refractivity contribution is 6.01. The molecule has 0 aromatic heterocycles. The third kappa shape index (κ3) is 6.89. The van der Waals surface area contributed by atoms with Crippen molar-refractivity contribution in [2.45, 2.75) is 13.8 Å². The van der Waals surface area contributed by atoms with Gasteiger partial charge in [-0.05, 0) is 50.2 Å². The van der Waals surface area contributed by atoms with Gasteiger partial charge in [0.25, 0.3) is 11.8 Å². The molecule has 0 bridgehead atoms. The highest BCUT2D eigenvalue weighted by atomic mass is 16.5. The van der Waals surface area contributed by atoms with E-state index in [0.717, 1.165) is 4.90 Å². The lowest BCUT2D eigenvalue weighted by molar-refractivity contribution is -0.881. The van der Waals surface area contributed by atoms with E-state index >= 15 is 0 Å². The van der Waals surface area contributed by atoms with Crippen LogP contribution in [0, 0.1) is 0 Å². The van der Waals surface area contributed by atoms with Gasteiger partial charge in [-0.15, -0.1) is 0 Å². The molecule has 2 rings (SSSR count). The van der Waals surface area contributed by atoms with Crippen LogP contribution in [0.5, 0.6) is 5.75 Å². The second kappa shape index (κ2) is 11.6. The van der Waals surface area contributed by atoms with Gasteiger partial charge in [0.05, 0.1) is 31.5 Å². The van der Waals surface area contributed by atoms with E-state index in [9.17, 15) is 14.4 Å².